The molecular weight excluding hydrogens is 304 g/mol. The summed E-state index contributed by atoms with van der Waals surface area (Å²) >= 11 is 0. The molecule has 0 unspecified atom stereocenters. The number of fused-ring (bicyclic) bond motifs is 4. The minimum atomic E-state index is -0.622. The Morgan fingerprint density at radius 2 is 2.12 bits per heavy atom. The van der Waals surface area contributed by atoms with Gasteiger partial charge in [-0.3, -0.25) is 0 Å². The van der Waals surface area contributed by atoms with Crippen molar-refractivity contribution in [3.05, 3.63) is 23.8 Å². The zero-order chi connectivity index (χ0) is 17.5. The molecule has 0 amide bonds. The van der Waals surface area contributed by atoms with Gasteiger partial charge in [0.1, 0.15) is 6.10 Å². The lowest BCUT2D eigenvalue weighted by Crippen LogP contribution is -2.46. The van der Waals surface area contributed by atoms with E-state index in [0.717, 1.165) is 32.1 Å². The standard InChI is InChI=1S/C20H30O4/c1-12-7-5-9-13(2)17-18-15(14(3)19(22)23-18)11-16(21)20(4,24-17)10-6-8-12/h8,13,15-18,21H,3,5-7,9-11H2,1-2,4H3/b12-8+/t13-,15+,16+,17+,18-,20+/m1/s1. The first kappa shape index (κ1) is 17.7. The topological polar surface area (TPSA) is 55.8 Å². The Hall–Kier alpha value is -1.13. The smallest absolute Gasteiger partial charge is 0.334 e. The molecule has 24 heavy (non-hydrogen) atoms. The van der Waals surface area contributed by atoms with Crippen LogP contribution >= 0.6 is 0 Å². The first-order valence-electron chi connectivity index (χ1n) is 9.23. The molecule has 3 heterocycles. The molecule has 1 N–H and O–H groups in total. The SMILES string of the molecule is C=C1C(=O)O[C@H]2[C@H]3O[C@@](C)(CC/C=C(\C)CCC[C@H]3C)[C@@H](O)C[C@@H]12. The lowest BCUT2D eigenvalue weighted by molar-refractivity contribution is -0.182. The van der Waals surface area contributed by atoms with Gasteiger partial charge >= 0.3 is 5.97 Å². The van der Waals surface area contributed by atoms with Crippen molar-refractivity contribution < 1.29 is 19.4 Å². The van der Waals surface area contributed by atoms with Crippen LogP contribution in [0.2, 0.25) is 0 Å². The highest BCUT2D eigenvalue weighted by Gasteiger charge is 2.53. The van der Waals surface area contributed by atoms with E-state index in [0.29, 0.717) is 12.0 Å². The molecule has 2 fully saturated rings. The first-order valence-corrected chi connectivity index (χ1v) is 9.23. The summed E-state index contributed by atoms with van der Waals surface area (Å²) in [7, 11) is 0. The van der Waals surface area contributed by atoms with Crippen molar-refractivity contribution >= 4 is 5.97 Å². The van der Waals surface area contributed by atoms with E-state index in [1.807, 2.05) is 6.92 Å². The van der Waals surface area contributed by atoms with E-state index in [2.05, 4.69) is 26.5 Å². The summed E-state index contributed by atoms with van der Waals surface area (Å²) in [5.74, 6) is -0.197. The largest absolute Gasteiger partial charge is 0.456 e. The van der Waals surface area contributed by atoms with Crippen LogP contribution in [0.25, 0.3) is 0 Å². The van der Waals surface area contributed by atoms with E-state index in [4.69, 9.17) is 9.47 Å². The van der Waals surface area contributed by atoms with Crippen molar-refractivity contribution in [2.45, 2.75) is 83.2 Å². The van der Waals surface area contributed by atoms with Gasteiger partial charge in [0.05, 0.1) is 17.8 Å². The van der Waals surface area contributed by atoms with Gasteiger partial charge in [-0.1, -0.05) is 25.2 Å². The van der Waals surface area contributed by atoms with Gasteiger partial charge in [0, 0.05) is 11.5 Å². The van der Waals surface area contributed by atoms with Crippen molar-refractivity contribution in [2.24, 2.45) is 11.8 Å². The van der Waals surface area contributed by atoms with Crippen LogP contribution in [0.3, 0.4) is 0 Å². The fourth-order valence-corrected chi connectivity index (χ4v) is 4.39. The van der Waals surface area contributed by atoms with Gasteiger partial charge in [0.15, 0.2) is 0 Å². The molecule has 0 radical (unpaired) electrons. The molecule has 2 saturated heterocycles. The molecule has 4 nitrogen and oxygen atoms in total. The zero-order valence-corrected chi connectivity index (χ0v) is 15.1. The molecule has 4 heteroatoms. The van der Waals surface area contributed by atoms with Crippen LogP contribution in [0.5, 0.6) is 0 Å². The van der Waals surface area contributed by atoms with Gasteiger partial charge in [-0.2, -0.15) is 0 Å². The molecule has 6 atom stereocenters. The first-order chi connectivity index (χ1) is 11.3. The second-order valence-corrected chi connectivity index (χ2v) is 8.11. The number of allylic oxidation sites excluding steroid dienone is 2. The van der Waals surface area contributed by atoms with E-state index >= 15 is 0 Å². The molecule has 3 aliphatic rings. The summed E-state index contributed by atoms with van der Waals surface area (Å²) in [6, 6.07) is 0. The Labute approximate surface area is 144 Å². The van der Waals surface area contributed by atoms with E-state index in [-0.39, 0.29) is 30.0 Å². The molecule has 134 valence electrons. The summed E-state index contributed by atoms with van der Waals surface area (Å²) in [5.41, 5.74) is 1.29. The third-order valence-corrected chi connectivity index (χ3v) is 6.19. The van der Waals surface area contributed by atoms with Gasteiger partial charge in [0.2, 0.25) is 0 Å². The lowest BCUT2D eigenvalue weighted by atomic mass is 9.82. The summed E-state index contributed by atoms with van der Waals surface area (Å²) < 4.78 is 12.1. The van der Waals surface area contributed by atoms with Gasteiger partial charge in [0.25, 0.3) is 0 Å². The maximum absolute atomic E-state index is 12.0. The van der Waals surface area contributed by atoms with Crippen molar-refractivity contribution in [3.8, 4) is 0 Å². The third kappa shape index (κ3) is 3.18. The lowest BCUT2D eigenvalue weighted by Gasteiger charge is -2.38. The second-order valence-electron chi connectivity index (χ2n) is 8.11. The van der Waals surface area contributed by atoms with Crippen molar-refractivity contribution in [2.75, 3.05) is 0 Å². The van der Waals surface area contributed by atoms with Crippen LogP contribution < -0.4 is 0 Å². The predicted octanol–water partition coefficient (Wildman–Crippen LogP) is 3.54. The highest BCUT2D eigenvalue weighted by molar-refractivity contribution is 5.90. The molecule has 3 rings (SSSR count). The number of aliphatic hydroxyl groups is 1. The molecule has 0 aromatic heterocycles. The van der Waals surface area contributed by atoms with E-state index in [9.17, 15) is 9.90 Å². The van der Waals surface area contributed by atoms with Gasteiger partial charge < -0.3 is 14.6 Å². The summed E-state index contributed by atoms with van der Waals surface area (Å²) in [4.78, 5) is 12.0. The number of hydrogen-bond acceptors (Lipinski definition) is 4. The van der Waals surface area contributed by atoms with Crippen LogP contribution in [0, 0.1) is 11.8 Å². The minimum Gasteiger partial charge on any atom is -0.456 e. The Bertz CT molecular complexity index is 552. The Morgan fingerprint density at radius 1 is 1.38 bits per heavy atom. The van der Waals surface area contributed by atoms with Crippen molar-refractivity contribution in [1.82, 2.24) is 0 Å². The monoisotopic (exact) mass is 334 g/mol. The van der Waals surface area contributed by atoms with E-state index in [1.165, 1.54) is 5.57 Å². The fourth-order valence-electron chi connectivity index (χ4n) is 4.39. The number of esters is 1. The highest BCUT2D eigenvalue weighted by Crippen LogP contribution is 2.44. The fraction of sp³-hybridized carbons (Fsp3) is 0.750. The predicted molar refractivity (Wildman–Crippen MR) is 92.4 cm³/mol. The van der Waals surface area contributed by atoms with E-state index < -0.39 is 11.7 Å². The number of carbonyl (C=O) groups is 1. The van der Waals surface area contributed by atoms with Crippen molar-refractivity contribution in [1.29, 1.82) is 0 Å². The molecule has 0 spiro atoms. The average molecular weight is 334 g/mol. The van der Waals surface area contributed by atoms with Crippen LogP contribution in [0.15, 0.2) is 23.8 Å². The molecular formula is C20H30O4. The number of hydrogen-bond donors (Lipinski definition) is 1. The maximum atomic E-state index is 12.0. The molecule has 0 aromatic rings. The van der Waals surface area contributed by atoms with Crippen LogP contribution in [0.1, 0.15) is 59.3 Å². The summed E-state index contributed by atoms with van der Waals surface area (Å²) in [6.07, 6.45) is 6.54. The van der Waals surface area contributed by atoms with Gasteiger partial charge in [-0.05, 0) is 58.3 Å². The van der Waals surface area contributed by atoms with Crippen molar-refractivity contribution in [3.63, 3.8) is 0 Å². The third-order valence-electron chi connectivity index (χ3n) is 6.19. The van der Waals surface area contributed by atoms with E-state index in [1.54, 1.807) is 0 Å². The summed E-state index contributed by atoms with van der Waals surface area (Å²) in [5, 5.41) is 10.9. The van der Waals surface area contributed by atoms with Gasteiger partial charge in [-0.15, -0.1) is 0 Å². The summed E-state index contributed by atoms with van der Waals surface area (Å²) in [6.45, 7) is 10.3. The Balaban J connectivity index is 1.95. The Kier molecular flexibility index (Phi) is 4.89. The Morgan fingerprint density at radius 3 is 2.88 bits per heavy atom. The molecule has 0 saturated carbocycles. The number of rotatable bonds is 0. The van der Waals surface area contributed by atoms with Gasteiger partial charge in [-0.25, -0.2) is 4.79 Å². The van der Waals surface area contributed by atoms with Crippen LogP contribution in [0.4, 0.5) is 0 Å². The number of ether oxygens (including phenoxy) is 2. The minimum absolute atomic E-state index is 0.137. The zero-order valence-electron chi connectivity index (χ0n) is 15.1. The number of carbonyl (C=O) groups excluding carboxylic acids is 1. The maximum Gasteiger partial charge on any atom is 0.334 e. The highest BCUT2D eigenvalue weighted by atomic mass is 16.6. The molecule has 2 bridgehead atoms. The molecule has 3 aliphatic heterocycles. The molecule has 0 aliphatic carbocycles. The van der Waals surface area contributed by atoms with Crippen LogP contribution in [-0.4, -0.2) is 35.0 Å². The quantitative estimate of drug-likeness (QED) is 0.418. The number of aliphatic hydroxyl groups excluding tert-OH is 1. The second kappa shape index (κ2) is 6.64. The normalized spacial score (nSPS) is 46.2. The van der Waals surface area contributed by atoms with Crippen LogP contribution in [-0.2, 0) is 14.3 Å². The molecule has 0 aromatic carbocycles. The average Bonchev–Trinajstić information content (AvgIpc) is 2.72.